The van der Waals surface area contributed by atoms with Crippen LogP contribution in [-0.2, 0) is 17.7 Å². The topological polar surface area (TPSA) is 83.5 Å². The van der Waals surface area contributed by atoms with E-state index in [1.165, 1.54) is 12.1 Å². The number of benzene rings is 2. The fourth-order valence-corrected chi connectivity index (χ4v) is 4.09. The molecule has 1 saturated heterocycles. The smallest absolute Gasteiger partial charge is 0.407 e. The van der Waals surface area contributed by atoms with Crippen molar-refractivity contribution < 1.29 is 19.0 Å². The zero-order valence-electron chi connectivity index (χ0n) is 16.1. The number of aromatic nitrogens is 1. The molecule has 3 aromatic rings. The molecule has 1 aliphatic heterocycles. The molecule has 0 radical (unpaired) electrons. The summed E-state index contributed by atoms with van der Waals surface area (Å²) >= 11 is 1.55. The Bertz CT molecular complexity index is 982. The Labute approximate surface area is 177 Å². The van der Waals surface area contributed by atoms with E-state index < -0.39 is 18.3 Å². The van der Waals surface area contributed by atoms with Gasteiger partial charge >= 0.3 is 6.09 Å². The standard InChI is InChI=1S/C22H22FN3O3S/c23-17-3-1-2-15(8-17)10-25-22(28)29-21-18(24-11-20(21)27)9-14-4-6-16(7-5-14)19-12-30-13-26-19/h1-8,12-13,18,20-21,24,27H,9-11H2,(H,25,28)/t18-,20+,21+/m1/s1. The molecule has 30 heavy (non-hydrogen) atoms. The molecule has 6 nitrogen and oxygen atoms in total. The minimum Gasteiger partial charge on any atom is -0.442 e. The van der Waals surface area contributed by atoms with Crippen LogP contribution in [0.4, 0.5) is 9.18 Å². The summed E-state index contributed by atoms with van der Waals surface area (Å²) in [6.45, 7) is 0.499. The number of carbonyl (C=O) groups excluding carboxylic acids is 1. The van der Waals surface area contributed by atoms with E-state index in [1.54, 1.807) is 29.0 Å². The van der Waals surface area contributed by atoms with Gasteiger partial charge in [0, 0.05) is 24.0 Å². The Kier molecular flexibility index (Phi) is 6.37. The first-order chi connectivity index (χ1) is 14.6. The Morgan fingerprint density at radius 1 is 1.27 bits per heavy atom. The molecule has 1 amide bonds. The van der Waals surface area contributed by atoms with E-state index in [1.807, 2.05) is 29.6 Å². The molecule has 8 heteroatoms. The third kappa shape index (κ3) is 5.02. The average Bonchev–Trinajstić information content (AvgIpc) is 3.39. The Balaban J connectivity index is 1.33. The number of rotatable bonds is 6. The number of thiazole rings is 1. The van der Waals surface area contributed by atoms with Gasteiger partial charge in [-0.05, 0) is 29.7 Å². The van der Waals surface area contributed by atoms with Gasteiger partial charge in [-0.1, -0.05) is 36.4 Å². The van der Waals surface area contributed by atoms with Crippen LogP contribution < -0.4 is 10.6 Å². The van der Waals surface area contributed by atoms with Crippen molar-refractivity contribution in [2.75, 3.05) is 6.54 Å². The van der Waals surface area contributed by atoms with Gasteiger partial charge in [-0.15, -0.1) is 11.3 Å². The predicted octanol–water partition coefficient (Wildman–Crippen LogP) is 3.12. The van der Waals surface area contributed by atoms with Crippen LogP contribution in [0.25, 0.3) is 11.3 Å². The summed E-state index contributed by atoms with van der Waals surface area (Å²) in [5, 5.41) is 18.1. The number of aliphatic hydroxyl groups excluding tert-OH is 1. The molecular weight excluding hydrogens is 405 g/mol. The minimum absolute atomic E-state index is 0.148. The Morgan fingerprint density at radius 2 is 2.10 bits per heavy atom. The molecule has 0 aliphatic carbocycles. The van der Waals surface area contributed by atoms with E-state index in [4.69, 9.17) is 4.74 Å². The SMILES string of the molecule is O=C(NCc1cccc(F)c1)O[C@@H]1[C@@H](O)CN[C@@H]1Cc1ccc(-c2cscn2)cc1. The highest BCUT2D eigenvalue weighted by molar-refractivity contribution is 7.07. The monoisotopic (exact) mass is 427 g/mol. The number of halogens is 1. The number of nitrogens with zero attached hydrogens (tertiary/aromatic N) is 1. The number of carbonyl (C=O) groups is 1. The van der Waals surface area contributed by atoms with E-state index in [-0.39, 0.29) is 18.4 Å². The largest absolute Gasteiger partial charge is 0.442 e. The summed E-state index contributed by atoms with van der Waals surface area (Å²) in [6.07, 6.45) is -1.49. The first-order valence-electron chi connectivity index (χ1n) is 9.66. The van der Waals surface area contributed by atoms with E-state index in [2.05, 4.69) is 15.6 Å². The van der Waals surface area contributed by atoms with Crippen LogP contribution in [0, 0.1) is 5.82 Å². The van der Waals surface area contributed by atoms with E-state index >= 15 is 0 Å². The van der Waals surface area contributed by atoms with E-state index in [9.17, 15) is 14.3 Å². The maximum Gasteiger partial charge on any atom is 0.407 e. The van der Waals surface area contributed by atoms with Crippen molar-refractivity contribution in [1.82, 2.24) is 15.6 Å². The summed E-state index contributed by atoms with van der Waals surface area (Å²) in [4.78, 5) is 16.5. The van der Waals surface area contributed by atoms with Crippen molar-refractivity contribution in [3.63, 3.8) is 0 Å². The van der Waals surface area contributed by atoms with Crippen LogP contribution >= 0.6 is 11.3 Å². The molecule has 3 atom stereocenters. The number of aliphatic hydroxyl groups is 1. The molecule has 1 aliphatic rings. The number of ether oxygens (including phenoxy) is 1. The van der Waals surface area contributed by atoms with Crippen LogP contribution in [-0.4, -0.2) is 41.0 Å². The summed E-state index contributed by atoms with van der Waals surface area (Å²) in [6, 6.07) is 13.8. The number of nitrogens with one attached hydrogen (secondary N) is 2. The summed E-state index contributed by atoms with van der Waals surface area (Å²) in [5.74, 6) is -0.362. The molecule has 2 aromatic carbocycles. The molecule has 1 aromatic heterocycles. The fraction of sp³-hybridized carbons (Fsp3) is 0.273. The number of hydrogen-bond donors (Lipinski definition) is 3. The molecular formula is C22H22FN3O3S. The number of hydrogen-bond acceptors (Lipinski definition) is 6. The molecule has 1 fully saturated rings. The van der Waals surface area contributed by atoms with Crippen molar-refractivity contribution in [2.45, 2.75) is 31.2 Å². The van der Waals surface area contributed by atoms with Crippen molar-refractivity contribution in [3.05, 3.63) is 76.4 Å². The number of β-amino-alcohol motifs (C(OH)–C–C–N with tert-alkyl or cyclic N) is 1. The van der Waals surface area contributed by atoms with Gasteiger partial charge in [0.15, 0.2) is 0 Å². The molecule has 4 rings (SSSR count). The van der Waals surface area contributed by atoms with Gasteiger partial charge in [-0.3, -0.25) is 0 Å². The molecule has 0 bridgehead atoms. The second-order valence-electron chi connectivity index (χ2n) is 7.21. The fourth-order valence-electron chi connectivity index (χ4n) is 3.53. The average molecular weight is 428 g/mol. The first-order valence-corrected chi connectivity index (χ1v) is 10.6. The third-order valence-electron chi connectivity index (χ3n) is 5.07. The highest BCUT2D eigenvalue weighted by Crippen LogP contribution is 2.22. The second-order valence-corrected chi connectivity index (χ2v) is 7.93. The first kappa shape index (κ1) is 20.5. The van der Waals surface area contributed by atoms with Crippen molar-refractivity contribution in [3.8, 4) is 11.3 Å². The molecule has 0 saturated carbocycles. The molecule has 156 valence electrons. The molecule has 2 heterocycles. The number of alkyl carbamates (subject to hydrolysis) is 1. The van der Waals surface area contributed by atoms with E-state index in [0.717, 1.165) is 16.8 Å². The minimum atomic E-state index is -0.788. The highest BCUT2D eigenvalue weighted by Gasteiger charge is 2.37. The van der Waals surface area contributed by atoms with Crippen LogP contribution in [0.15, 0.2) is 59.4 Å². The Hall–Kier alpha value is -2.81. The zero-order valence-corrected chi connectivity index (χ0v) is 16.9. The van der Waals surface area contributed by atoms with E-state index in [0.29, 0.717) is 18.5 Å². The van der Waals surface area contributed by atoms with Gasteiger partial charge in [0.25, 0.3) is 0 Å². The van der Waals surface area contributed by atoms with Gasteiger partial charge in [0.05, 0.1) is 17.2 Å². The quantitative estimate of drug-likeness (QED) is 0.563. The third-order valence-corrected chi connectivity index (χ3v) is 5.66. The maximum absolute atomic E-state index is 13.2. The van der Waals surface area contributed by atoms with Crippen LogP contribution in [0.3, 0.4) is 0 Å². The van der Waals surface area contributed by atoms with Gasteiger partial charge in [-0.25, -0.2) is 14.2 Å². The van der Waals surface area contributed by atoms with Crippen molar-refractivity contribution in [1.29, 1.82) is 0 Å². The normalized spacial score (nSPS) is 20.8. The summed E-state index contributed by atoms with van der Waals surface area (Å²) in [7, 11) is 0. The van der Waals surface area contributed by atoms with Crippen molar-refractivity contribution in [2.24, 2.45) is 0 Å². The van der Waals surface area contributed by atoms with Gasteiger partial charge in [0.1, 0.15) is 18.0 Å². The number of amides is 1. The highest BCUT2D eigenvalue weighted by atomic mass is 32.1. The Morgan fingerprint density at radius 3 is 2.83 bits per heavy atom. The second kappa shape index (κ2) is 9.34. The lowest BCUT2D eigenvalue weighted by molar-refractivity contribution is 0.0188. The van der Waals surface area contributed by atoms with Crippen LogP contribution in [0.1, 0.15) is 11.1 Å². The van der Waals surface area contributed by atoms with Gasteiger partial charge < -0.3 is 20.5 Å². The predicted molar refractivity (Wildman–Crippen MR) is 113 cm³/mol. The van der Waals surface area contributed by atoms with Crippen molar-refractivity contribution >= 4 is 17.4 Å². The lowest BCUT2D eigenvalue weighted by Gasteiger charge is -2.22. The lowest BCUT2D eigenvalue weighted by Crippen LogP contribution is -2.41. The molecule has 0 unspecified atom stereocenters. The van der Waals surface area contributed by atoms with Gasteiger partial charge in [-0.2, -0.15) is 0 Å². The van der Waals surface area contributed by atoms with Gasteiger partial charge in [0.2, 0.25) is 0 Å². The van der Waals surface area contributed by atoms with Crippen LogP contribution in [0.2, 0.25) is 0 Å². The molecule has 0 spiro atoms. The lowest BCUT2D eigenvalue weighted by atomic mass is 10.00. The summed E-state index contributed by atoms with van der Waals surface area (Å²) < 4.78 is 18.7. The summed E-state index contributed by atoms with van der Waals surface area (Å²) in [5.41, 5.74) is 5.48. The van der Waals surface area contributed by atoms with Crippen LogP contribution in [0.5, 0.6) is 0 Å². The zero-order chi connectivity index (χ0) is 20.9. The molecule has 3 N–H and O–H groups in total. The maximum atomic E-state index is 13.2.